The lowest BCUT2D eigenvalue weighted by molar-refractivity contribution is 1.01. The zero-order valence-corrected chi connectivity index (χ0v) is 25.2. The number of rotatable bonds is 2. The highest BCUT2D eigenvalue weighted by molar-refractivity contribution is 6.27. The third kappa shape index (κ3) is 3.22. The predicted octanol–water partition coefficient (Wildman–Crippen LogP) is 10.4. The van der Waals surface area contributed by atoms with Gasteiger partial charge in [-0.3, -0.25) is 13.5 Å². The molecule has 0 fully saturated rings. The van der Waals surface area contributed by atoms with E-state index >= 15 is 0 Å². The van der Waals surface area contributed by atoms with Gasteiger partial charge in [0.1, 0.15) is 17.3 Å². The van der Waals surface area contributed by atoms with E-state index in [4.69, 9.17) is 9.97 Å². The zero-order chi connectivity index (χ0) is 30.6. The standard InChI is InChI=1S/C42H25N5/c1-2-16-31-29(15-1)40-37(46-36-21-10-6-17-32(36)43-42(31)46)25-24-30-28-14-5-9-20-35(28)47(41(30)40)39-23-11-22-38(44-39)45-33-18-7-3-12-26(33)27-13-4-8-19-34(27)45/h1-25H. The molecule has 0 N–H and O–H groups in total. The van der Waals surface area contributed by atoms with Crippen LogP contribution in [0.4, 0.5) is 0 Å². The van der Waals surface area contributed by atoms with Crippen molar-refractivity contribution < 1.29 is 0 Å². The molecule has 0 saturated carbocycles. The number of aromatic nitrogens is 5. The highest BCUT2D eigenvalue weighted by Gasteiger charge is 2.21. The number of hydrogen-bond donors (Lipinski definition) is 0. The molecule has 0 spiro atoms. The van der Waals surface area contributed by atoms with Crippen molar-refractivity contribution in [1.82, 2.24) is 23.5 Å². The van der Waals surface area contributed by atoms with E-state index in [1.54, 1.807) is 0 Å². The van der Waals surface area contributed by atoms with Gasteiger partial charge in [-0.25, -0.2) is 9.97 Å². The van der Waals surface area contributed by atoms with Gasteiger partial charge in [-0.1, -0.05) is 103 Å². The fourth-order valence-electron chi connectivity index (χ4n) is 7.91. The number of imidazole rings is 1. The Hall–Kier alpha value is -6.46. The quantitative estimate of drug-likeness (QED) is 0.186. The zero-order valence-electron chi connectivity index (χ0n) is 25.2. The van der Waals surface area contributed by atoms with Gasteiger partial charge in [0.2, 0.25) is 0 Å². The Morgan fingerprint density at radius 1 is 0.340 bits per heavy atom. The van der Waals surface area contributed by atoms with Crippen molar-refractivity contribution in [3.05, 3.63) is 152 Å². The molecule has 11 aromatic rings. The molecule has 0 aliphatic carbocycles. The van der Waals surface area contributed by atoms with Crippen LogP contribution in [-0.4, -0.2) is 23.5 Å². The second-order valence-electron chi connectivity index (χ2n) is 12.2. The van der Waals surface area contributed by atoms with E-state index in [0.717, 1.165) is 61.3 Å². The Morgan fingerprint density at radius 2 is 0.872 bits per heavy atom. The number of hydrogen-bond acceptors (Lipinski definition) is 2. The molecule has 5 aromatic heterocycles. The van der Waals surface area contributed by atoms with Crippen LogP contribution in [-0.2, 0) is 0 Å². The molecule has 6 aromatic carbocycles. The van der Waals surface area contributed by atoms with Crippen LogP contribution in [0.2, 0.25) is 0 Å². The minimum absolute atomic E-state index is 0.878. The second-order valence-corrected chi connectivity index (χ2v) is 12.2. The Balaban J connectivity index is 1.32. The second kappa shape index (κ2) is 9.05. The van der Waals surface area contributed by atoms with Gasteiger partial charge in [0.25, 0.3) is 0 Å². The van der Waals surface area contributed by atoms with Crippen molar-refractivity contribution in [1.29, 1.82) is 0 Å². The van der Waals surface area contributed by atoms with Crippen LogP contribution in [0.1, 0.15) is 0 Å². The number of pyridine rings is 2. The van der Waals surface area contributed by atoms with Crippen molar-refractivity contribution in [3.63, 3.8) is 0 Å². The van der Waals surface area contributed by atoms with Crippen molar-refractivity contribution in [2.24, 2.45) is 0 Å². The van der Waals surface area contributed by atoms with E-state index in [1.807, 2.05) is 0 Å². The third-order valence-corrected chi connectivity index (χ3v) is 9.81. The van der Waals surface area contributed by atoms with Gasteiger partial charge >= 0.3 is 0 Å². The molecule has 47 heavy (non-hydrogen) atoms. The van der Waals surface area contributed by atoms with Crippen LogP contribution < -0.4 is 0 Å². The Morgan fingerprint density at radius 3 is 1.57 bits per heavy atom. The summed E-state index contributed by atoms with van der Waals surface area (Å²) >= 11 is 0. The van der Waals surface area contributed by atoms with Gasteiger partial charge < -0.3 is 0 Å². The van der Waals surface area contributed by atoms with Crippen LogP contribution in [0, 0.1) is 0 Å². The Bertz CT molecular complexity index is 3030. The molecule has 5 nitrogen and oxygen atoms in total. The van der Waals surface area contributed by atoms with Crippen LogP contribution in [0.3, 0.4) is 0 Å². The lowest BCUT2D eigenvalue weighted by Crippen LogP contribution is -2.03. The van der Waals surface area contributed by atoms with E-state index in [1.165, 1.54) is 32.3 Å². The molecule has 0 amide bonds. The number of nitrogens with zero attached hydrogens (tertiary/aromatic N) is 5. The predicted molar refractivity (Wildman–Crippen MR) is 194 cm³/mol. The SMILES string of the molecule is c1cc(-n2c3ccccc3c3ccccc32)nc(-n2c3ccccc3c3ccc4c(c5ccccc5c5nc6ccccc6n45)c32)c1. The van der Waals surface area contributed by atoms with Crippen LogP contribution in [0.25, 0.3) is 93.6 Å². The molecule has 11 rings (SSSR count). The summed E-state index contributed by atoms with van der Waals surface area (Å²) in [6, 6.07) is 53.9. The molecule has 0 aliphatic rings. The highest BCUT2D eigenvalue weighted by atomic mass is 15.1. The summed E-state index contributed by atoms with van der Waals surface area (Å²) in [5.41, 5.74) is 8.76. The summed E-state index contributed by atoms with van der Waals surface area (Å²) in [4.78, 5) is 10.6. The third-order valence-electron chi connectivity index (χ3n) is 9.81. The Labute approximate surface area is 268 Å². The van der Waals surface area contributed by atoms with E-state index in [0.29, 0.717) is 0 Å². The molecule has 5 heterocycles. The fourth-order valence-corrected chi connectivity index (χ4v) is 7.91. The summed E-state index contributed by atoms with van der Waals surface area (Å²) in [6.07, 6.45) is 0. The summed E-state index contributed by atoms with van der Waals surface area (Å²) in [5.74, 6) is 1.77. The fraction of sp³-hybridized carbons (Fsp3) is 0. The van der Waals surface area contributed by atoms with Gasteiger partial charge in [0.05, 0.1) is 38.6 Å². The molecule has 0 bridgehead atoms. The highest BCUT2D eigenvalue weighted by Crippen LogP contribution is 2.41. The summed E-state index contributed by atoms with van der Waals surface area (Å²) < 4.78 is 6.98. The van der Waals surface area contributed by atoms with Gasteiger partial charge in [-0.05, 0) is 53.9 Å². The molecule has 0 saturated heterocycles. The summed E-state index contributed by atoms with van der Waals surface area (Å²) in [5, 5.41) is 8.35. The van der Waals surface area contributed by atoms with Crippen LogP contribution >= 0.6 is 0 Å². The lowest BCUT2D eigenvalue weighted by Gasteiger charge is -2.14. The first-order valence-electron chi connectivity index (χ1n) is 15.9. The molecule has 218 valence electrons. The average molecular weight is 600 g/mol. The van der Waals surface area contributed by atoms with E-state index in [9.17, 15) is 0 Å². The number of fused-ring (bicyclic) bond motifs is 15. The van der Waals surface area contributed by atoms with Crippen molar-refractivity contribution in [2.75, 3.05) is 0 Å². The van der Waals surface area contributed by atoms with Crippen molar-refractivity contribution in [2.45, 2.75) is 0 Å². The average Bonchev–Trinajstić information content (AvgIpc) is 3.80. The molecular formula is C42H25N5. The molecule has 0 unspecified atom stereocenters. The normalized spacial score (nSPS) is 12.3. The first kappa shape index (κ1) is 24.8. The minimum Gasteiger partial charge on any atom is -0.294 e. The number of para-hydroxylation sites is 5. The molecular weight excluding hydrogens is 574 g/mol. The van der Waals surface area contributed by atoms with Gasteiger partial charge in [0, 0.05) is 32.3 Å². The van der Waals surface area contributed by atoms with Gasteiger partial charge in [-0.15, -0.1) is 0 Å². The summed E-state index contributed by atoms with van der Waals surface area (Å²) in [7, 11) is 0. The van der Waals surface area contributed by atoms with Crippen LogP contribution in [0.15, 0.2) is 152 Å². The maximum atomic E-state index is 5.45. The van der Waals surface area contributed by atoms with Crippen LogP contribution in [0.5, 0.6) is 0 Å². The summed E-state index contributed by atoms with van der Waals surface area (Å²) in [6.45, 7) is 0. The van der Waals surface area contributed by atoms with Crippen molar-refractivity contribution >= 4 is 82.0 Å². The molecule has 0 radical (unpaired) electrons. The molecule has 0 aliphatic heterocycles. The largest absolute Gasteiger partial charge is 0.294 e. The maximum Gasteiger partial charge on any atom is 0.146 e. The Kier molecular flexibility index (Phi) is 4.78. The van der Waals surface area contributed by atoms with E-state index in [-0.39, 0.29) is 0 Å². The van der Waals surface area contributed by atoms with E-state index < -0.39 is 0 Å². The van der Waals surface area contributed by atoms with E-state index in [2.05, 4.69) is 165 Å². The monoisotopic (exact) mass is 599 g/mol. The van der Waals surface area contributed by atoms with Gasteiger partial charge in [0.15, 0.2) is 0 Å². The smallest absolute Gasteiger partial charge is 0.146 e. The molecule has 0 atom stereocenters. The van der Waals surface area contributed by atoms with Crippen molar-refractivity contribution in [3.8, 4) is 11.6 Å². The molecule has 5 heteroatoms. The van der Waals surface area contributed by atoms with Gasteiger partial charge in [-0.2, -0.15) is 0 Å². The lowest BCUT2D eigenvalue weighted by atomic mass is 10.0. The maximum absolute atomic E-state index is 5.45. The number of benzene rings is 6. The first-order chi connectivity index (χ1) is 23.3. The topological polar surface area (TPSA) is 40.0 Å². The first-order valence-corrected chi connectivity index (χ1v) is 15.9. The minimum atomic E-state index is 0.878.